The van der Waals surface area contributed by atoms with Crippen LogP contribution in [0.25, 0.3) is 0 Å². The molecule has 0 aliphatic heterocycles. The number of carbonyl (C=O) groups is 1. The van der Waals surface area contributed by atoms with E-state index in [4.69, 9.17) is 0 Å². The number of ketones is 1. The SMILES string of the molecule is CC(=O)c1ccnn1CC(F)(F)F. The van der Waals surface area contributed by atoms with Crippen molar-refractivity contribution in [2.75, 3.05) is 0 Å². The Hall–Kier alpha value is -1.33. The van der Waals surface area contributed by atoms with Gasteiger partial charge in [0.25, 0.3) is 0 Å². The predicted octanol–water partition coefficient (Wildman–Crippen LogP) is 1.65. The van der Waals surface area contributed by atoms with Gasteiger partial charge in [-0.1, -0.05) is 0 Å². The Morgan fingerprint density at radius 1 is 1.62 bits per heavy atom. The fourth-order valence-electron chi connectivity index (χ4n) is 0.928. The van der Waals surface area contributed by atoms with E-state index in [1.165, 1.54) is 19.2 Å². The third-order valence-corrected chi connectivity index (χ3v) is 1.41. The van der Waals surface area contributed by atoms with Crippen LogP contribution in [0, 0.1) is 0 Å². The molecule has 3 nitrogen and oxygen atoms in total. The second kappa shape index (κ2) is 3.20. The largest absolute Gasteiger partial charge is 0.408 e. The molecule has 0 aliphatic rings. The third kappa shape index (κ3) is 2.57. The van der Waals surface area contributed by atoms with Gasteiger partial charge in [0.15, 0.2) is 5.78 Å². The molecule has 0 fully saturated rings. The quantitative estimate of drug-likeness (QED) is 0.667. The number of hydrogen-bond donors (Lipinski definition) is 0. The van der Waals surface area contributed by atoms with Gasteiger partial charge in [0, 0.05) is 13.1 Å². The van der Waals surface area contributed by atoms with E-state index in [0.717, 1.165) is 0 Å². The molecule has 1 aromatic heterocycles. The Kier molecular flexibility index (Phi) is 2.40. The number of rotatable bonds is 2. The van der Waals surface area contributed by atoms with Crippen LogP contribution in [0.15, 0.2) is 12.3 Å². The molecule has 0 radical (unpaired) electrons. The van der Waals surface area contributed by atoms with E-state index in [-0.39, 0.29) is 5.69 Å². The molecule has 0 aromatic carbocycles. The van der Waals surface area contributed by atoms with Gasteiger partial charge in [0.2, 0.25) is 0 Å². The Bertz CT molecular complexity index is 316. The lowest BCUT2D eigenvalue weighted by molar-refractivity contribution is -0.142. The van der Waals surface area contributed by atoms with Crippen LogP contribution in [0.1, 0.15) is 17.4 Å². The molecule has 6 heteroatoms. The fourth-order valence-corrected chi connectivity index (χ4v) is 0.928. The topological polar surface area (TPSA) is 34.9 Å². The highest BCUT2D eigenvalue weighted by molar-refractivity contribution is 5.92. The first kappa shape index (κ1) is 9.76. The lowest BCUT2D eigenvalue weighted by atomic mass is 10.3. The van der Waals surface area contributed by atoms with Crippen molar-refractivity contribution in [1.29, 1.82) is 0 Å². The summed E-state index contributed by atoms with van der Waals surface area (Å²) in [6.07, 6.45) is -3.18. The van der Waals surface area contributed by atoms with Crippen LogP contribution in [0.2, 0.25) is 0 Å². The van der Waals surface area contributed by atoms with Crippen LogP contribution in [0.4, 0.5) is 13.2 Å². The third-order valence-electron chi connectivity index (χ3n) is 1.41. The molecule has 0 atom stereocenters. The van der Waals surface area contributed by atoms with E-state index in [9.17, 15) is 18.0 Å². The number of Topliss-reactive ketones (excluding diaryl/α,β-unsaturated/α-hetero) is 1. The van der Waals surface area contributed by atoms with Gasteiger partial charge in [-0.25, -0.2) is 0 Å². The average Bonchev–Trinajstić information content (AvgIpc) is 2.31. The van der Waals surface area contributed by atoms with E-state index in [1.807, 2.05) is 0 Å². The van der Waals surface area contributed by atoms with Crippen molar-refractivity contribution < 1.29 is 18.0 Å². The van der Waals surface area contributed by atoms with E-state index < -0.39 is 18.5 Å². The van der Waals surface area contributed by atoms with Crippen LogP contribution in [0.3, 0.4) is 0 Å². The Balaban J connectivity index is 2.89. The van der Waals surface area contributed by atoms with Gasteiger partial charge in [-0.3, -0.25) is 9.48 Å². The van der Waals surface area contributed by atoms with Gasteiger partial charge in [-0.15, -0.1) is 0 Å². The molecule has 13 heavy (non-hydrogen) atoms. The molecule has 0 unspecified atom stereocenters. The number of alkyl halides is 3. The van der Waals surface area contributed by atoms with Crippen LogP contribution in [0.5, 0.6) is 0 Å². The molecule has 0 aliphatic carbocycles. The monoisotopic (exact) mass is 192 g/mol. The first-order chi connectivity index (χ1) is 5.90. The van der Waals surface area contributed by atoms with Gasteiger partial charge >= 0.3 is 6.18 Å². The van der Waals surface area contributed by atoms with Crippen molar-refractivity contribution in [3.63, 3.8) is 0 Å². The number of hydrogen-bond acceptors (Lipinski definition) is 2. The van der Waals surface area contributed by atoms with Gasteiger partial charge in [0.1, 0.15) is 12.2 Å². The summed E-state index contributed by atoms with van der Waals surface area (Å²) in [4.78, 5) is 10.8. The van der Waals surface area contributed by atoms with Crippen molar-refractivity contribution in [2.24, 2.45) is 0 Å². The number of halogens is 3. The summed E-state index contributed by atoms with van der Waals surface area (Å²) in [6, 6.07) is 1.26. The maximum absolute atomic E-state index is 11.9. The number of aromatic nitrogens is 2. The van der Waals surface area contributed by atoms with Crippen LogP contribution in [-0.2, 0) is 6.54 Å². The molecule has 1 heterocycles. The molecule has 0 bridgehead atoms. The summed E-state index contributed by atoms with van der Waals surface area (Å²) in [5.74, 6) is -0.429. The Morgan fingerprint density at radius 3 is 2.69 bits per heavy atom. The van der Waals surface area contributed by atoms with Crippen molar-refractivity contribution >= 4 is 5.78 Å². The Labute approximate surface area is 72.2 Å². The zero-order valence-electron chi connectivity index (χ0n) is 6.80. The van der Waals surface area contributed by atoms with E-state index in [0.29, 0.717) is 4.68 Å². The van der Waals surface area contributed by atoms with Gasteiger partial charge in [0.05, 0.1) is 0 Å². The maximum Gasteiger partial charge on any atom is 0.408 e. The Morgan fingerprint density at radius 2 is 2.23 bits per heavy atom. The lowest BCUT2D eigenvalue weighted by Crippen LogP contribution is -2.21. The molecule has 0 saturated carbocycles. The summed E-state index contributed by atoms with van der Waals surface area (Å²) in [6.45, 7) is -0.0290. The van der Waals surface area contributed by atoms with Gasteiger partial charge in [-0.05, 0) is 6.07 Å². The highest BCUT2D eigenvalue weighted by atomic mass is 19.4. The summed E-state index contributed by atoms with van der Waals surface area (Å²) >= 11 is 0. The minimum atomic E-state index is -4.35. The van der Waals surface area contributed by atoms with Crippen molar-refractivity contribution in [3.8, 4) is 0 Å². The normalized spacial score (nSPS) is 11.7. The highest BCUT2D eigenvalue weighted by Gasteiger charge is 2.29. The standard InChI is InChI=1S/C7H7F3N2O/c1-5(13)6-2-3-11-12(6)4-7(8,9)10/h2-3H,4H2,1H3. The molecule has 0 N–H and O–H groups in total. The fraction of sp³-hybridized carbons (Fsp3) is 0.429. The number of nitrogens with zero attached hydrogens (tertiary/aromatic N) is 2. The molecular formula is C7H7F3N2O. The molecule has 0 spiro atoms. The van der Waals surface area contributed by atoms with Crippen molar-refractivity contribution in [3.05, 3.63) is 18.0 Å². The highest BCUT2D eigenvalue weighted by Crippen LogP contribution is 2.17. The van der Waals surface area contributed by atoms with Gasteiger partial charge < -0.3 is 0 Å². The number of carbonyl (C=O) groups excluding carboxylic acids is 1. The molecule has 72 valence electrons. The second-order valence-corrected chi connectivity index (χ2v) is 2.55. The first-order valence-corrected chi connectivity index (χ1v) is 3.49. The van der Waals surface area contributed by atoms with E-state index >= 15 is 0 Å². The molecular weight excluding hydrogens is 185 g/mol. The smallest absolute Gasteiger partial charge is 0.293 e. The van der Waals surface area contributed by atoms with Crippen LogP contribution in [-0.4, -0.2) is 21.7 Å². The van der Waals surface area contributed by atoms with Crippen LogP contribution >= 0.6 is 0 Å². The molecule has 0 saturated heterocycles. The summed E-state index contributed by atoms with van der Waals surface area (Å²) < 4.78 is 36.3. The second-order valence-electron chi connectivity index (χ2n) is 2.55. The lowest BCUT2D eigenvalue weighted by Gasteiger charge is -2.07. The molecule has 0 amide bonds. The van der Waals surface area contributed by atoms with E-state index in [1.54, 1.807) is 0 Å². The minimum Gasteiger partial charge on any atom is -0.293 e. The van der Waals surface area contributed by atoms with Crippen molar-refractivity contribution in [2.45, 2.75) is 19.6 Å². The summed E-state index contributed by atoms with van der Waals surface area (Å²) in [5, 5.41) is 3.40. The zero-order chi connectivity index (χ0) is 10.1. The average molecular weight is 192 g/mol. The molecule has 1 rings (SSSR count). The summed E-state index contributed by atoms with van der Waals surface area (Å²) in [5.41, 5.74) is -0.0303. The first-order valence-electron chi connectivity index (χ1n) is 3.49. The minimum absolute atomic E-state index is 0.0303. The maximum atomic E-state index is 11.9. The van der Waals surface area contributed by atoms with E-state index in [2.05, 4.69) is 5.10 Å². The predicted molar refractivity (Wildman–Crippen MR) is 38.3 cm³/mol. The van der Waals surface area contributed by atoms with Crippen LogP contribution < -0.4 is 0 Å². The summed E-state index contributed by atoms with van der Waals surface area (Å²) in [7, 11) is 0. The molecule has 1 aromatic rings. The zero-order valence-corrected chi connectivity index (χ0v) is 6.80. The van der Waals surface area contributed by atoms with Crippen molar-refractivity contribution in [1.82, 2.24) is 9.78 Å². The van der Waals surface area contributed by atoms with Gasteiger partial charge in [-0.2, -0.15) is 18.3 Å².